The maximum Gasteiger partial charge on any atom is 0.231 e. The molecule has 0 aliphatic heterocycles. The first-order valence-electron chi connectivity index (χ1n) is 5.54. The highest BCUT2D eigenvalue weighted by molar-refractivity contribution is 9.11. The summed E-state index contributed by atoms with van der Waals surface area (Å²) in [6, 6.07) is 3.95. The highest BCUT2D eigenvalue weighted by atomic mass is 79.9. The molecule has 0 amide bonds. The Bertz CT molecular complexity index is 483. The van der Waals surface area contributed by atoms with E-state index in [2.05, 4.69) is 33.0 Å². The Labute approximate surface area is 112 Å². The van der Waals surface area contributed by atoms with Crippen molar-refractivity contribution in [1.29, 1.82) is 0 Å². The Morgan fingerprint density at radius 1 is 1.53 bits per heavy atom. The number of nitrogens with zero attached hydrogens (tertiary/aromatic N) is 2. The molecule has 0 radical (unpaired) electrons. The van der Waals surface area contributed by atoms with Gasteiger partial charge >= 0.3 is 0 Å². The second-order valence-electron chi connectivity index (χ2n) is 3.78. The predicted octanol–water partition coefficient (Wildman–Crippen LogP) is 3.40. The van der Waals surface area contributed by atoms with Gasteiger partial charge in [0.2, 0.25) is 11.7 Å². The molecule has 17 heavy (non-hydrogen) atoms. The quantitative estimate of drug-likeness (QED) is 0.918. The van der Waals surface area contributed by atoms with Crippen LogP contribution in [0.15, 0.2) is 20.4 Å². The van der Waals surface area contributed by atoms with Crippen molar-refractivity contribution in [1.82, 2.24) is 10.1 Å². The van der Waals surface area contributed by atoms with E-state index in [0.717, 1.165) is 21.5 Å². The first-order valence-corrected chi connectivity index (χ1v) is 7.15. The summed E-state index contributed by atoms with van der Waals surface area (Å²) >= 11 is 5.00. The minimum Gasteiger partial charge on any atom is -0.339 e. The number of halogens is 1. The Morgan fingerprint density at radius 2 is 2.35 bits per heavy atom. The fourth-order valence-electron chi connectivity index (χ4n) is 1.63. The van der Waals surface area contributed by atoms with Crippen LogP contribution < -0.4 is 5.73 Å². The molecule has 0 saturated carbocycles. The van der Waals surface area contributed by atoms with Gasteiger partial charge in [0.1, 0.15) is 0 Å². The van der Waals surface area contributed by atoms with E-state index >= 15 is 0 Å². The largest absolute Gasteiger partial charge is 0.339 e. The zero-order valence-electron chi connectivity index (χ0n) is 9.52. The lowest BCUT2D eigenvalue weighted by atomic mass is 10.0. The van der Waals surface area contributed by atoms with Crippen molar-refractivity contribution < 1.29 is 4.52 Å². The number of hydrogen-bond donors (Lipinski definition) is 1. The van der Waals surface area contributed by atoms with E-state index in [-0.39, 0.29) is 5.92 Å². The first kappa shape index (κ1) is 12.7. The molecule has 4 nitrogen and oxygen atoms in total. The van der Waals surface area contributed by atoms with E-state index < -0.39 is 0 Å². The summed E-state index contributed by atoms with van der Waals surface area (Å²) in [5.74, 6) is 1.46. The van der Waals surface area contributed by atoms with Crippen LogP contribution in [0.5, 0.6) is 0 Å². The zero-order valence-corrected chi connectivity index (χ0v) is 11.9. The Morgan fingerprint density at radius 3 is 2.94 bits per heavy atom. The molecule has 2 aromatic rings. The van der Waals surface area contributed by atoms with Gasteiger partial charge in [0.05, 0.1) is 14.6 Å². The van der Waals surface area contributed by atoms with Gasteiger partial charge in [-0.3, -0.25) is 0 Å². The molecule has 0 bridgehead atoms. The van der Waals surface area contributed by atoms with Gasteiger partial charge in [0.25, 0.3) is 0 Å². The third-order valence-electron chi connectivity index (χ3n) is 2.51. The van der Waals surface area contributed by atoms with Gasteiger partial charge in [0.15, 0.2) is 0 Å². The van der Waals surface area contributed by atoms with Crippen LogP contribution in [0.3, 0.4) is 0 Å². The summed E-state index contributed by atoms with van der Waals surface area (Å²) in [5, 5.41) is 4.00. The van der Waals surface area contributed by atoms with E-state index in [1.54, 1.807) is 11.3 Å². The number of hydrogen-bond acceptors (Lipinski definition) is 5. The van der Waals surface area contributed by atoms with Gasteiger partial charge in [-0.15, -0.1) is 11.3 Å². The molecule has 2 aromatic heterocycles. The molecule has 0 aliphatic carbocycles. The lowest BCUT2D eigenvalue weighted by molar-refractivity contribution is 0.347. The lowest BCUT2D eigenvalue weighted by Crippen LogP contribution is -2.12. The van der Waals surface area contributed by atoms with Crippen molar-refractivity contribution in [2.45, 2.75) is 25.7 Å². The Balaban J connectivity index is 2.20. The summed E-state index contributed by atoms with van der Waals surface area (Å²) in [4.78, 5) is 5.41. The average Bonchev–Trinajstić information content (AvgIpc) is 2.94. The summed E-state index contributed by atoms with van der Waals surface area (Å²) in [6.45, 7) is 2.67. The molecule has 92 valence electrons. The molecule has 0 aromatic carbocycles. The van der Waals surface area contributed by atoms with Gasteiger partial charge in [-0.05, 0) is 34.5 Å². The molecule has 0 fully saturated rings. The summed E-state index contributed by atoms with van der Waals surface area (Å²) in [6.07, 6.45) is 2.04. The third-order valence-corrected chi connectivity index (χ3v) is 4.13. The van der Waals surface area contributed by atoms with Crippen LogP contribution in [0.4, 0.5) is 0 Å². The van der Waals surface area contributed by atoms with Gasteiger partial charge in [0, 0.05) is 6.54 Å². The SMILES string of the molecule is CCCC(CN)c1nc(-c2ccc(Br)s2)no1. The van der Waals surface area contributed by atoms with Crippen molar-refractivity contribution >= 4 is 27.3 Å². The van der Waals surface area contributed by atoms with Crippen molar-refractivity contribution in [3.8, 4) is 10.7 Å². The van der Waals surface area contributed by atoms with E-state index in [0.29, 0.717) is 18.3 Å². The molecule has 2 rings (SSSR count). The maximum absolute atomic E-state index is 5.71. The normalized spacial score (nSPS) is 12.9. The highest BCUT2D eigenvalue weighted by Gasteiger charge is 2.18. The molecule has 1 unspecified atom stereocenters. The van der Waals surface area contributed by atoms with Crippen LogP contribution in [0.25, 0.3) is 10.7 Å². The van der Waals surface area contributed by atoms with Crippen molar-refractivity contribution in [2.24, 2.45) is 5.73 Å². The summed E-state index contributed by atoms with van der Waals surface area (Å²) in [7, 11) is 0. The molecule has 0 spiro atoms. The molecule has 2 heterocycles. The van der Waals surface area contributed by atoms with E-state index in [1.165, 1.54) is 0 Å². The van der Waals surface area contributed by atoms with Crippen molar-refractivity contribution in [3.05, 3.63) is 21.8 Å². The monoisotopic (exact) mass is 315 g/mol. The summed E-state index contributed by atoms with van der Waals surface area (Å²) in [5.41, 5.74) is 5.71. The fourth-order valence-corrected chi connectivity index (χ4v) is 2.94. The minimum absolute atomic E-state index is 0.171. The van der Waals surface area contributed by atoms with Crippen LogP contribution >= 0.6 is 27.3 Å². The molecular formula is C11H14BrN3OS. The third kappa shape index (κ3) is 2.94. The second-order valence-corrected chi connectivity index (χ2v) is 6.24. The number of thiophene rings is 1. The van der Waals surface area contributed by atoms with E-state index in [9.17, 15) is 0 Å². The molecule has 1 atom stereocenters. The van der Waals surface area contributed by atoms with Gasteiger partial charge < -0.3 is 10.3 Å². The minimum atomic E-state index is 0.171. The predicted molar refractivity (Wildman–Crippen MR) is 72.0 cm³/mol. The Hall–Kier alpha value is -0.720. The van der Waals surface area contributed by atoms with E-state index in [4.69, 9.17) is 10.3 Å². The van der Waals surface area contributed by atoms with Crippen LogP contribution in [0.1, 0.15) is 31.6 Å². The highest BCUT2D eigenvalue weighted by Crippen LogP contribution is 2.30. The van der Waals surface area contributed by atoms with Crippen LogP contribution in [0.2, 0.25) is 0 Å². The number of nitrogens with two attached hydrogens (primary N) is 1. The Kier molecular flexibility index (Phi) is 4.31. The molecule has 0 saturated heterocycles. The molecular weight excluding hydrogens is 302 g/mol. The molecule has 0 aliphatic rings. The topological polar surface area (TPSA) is 64.9 Å². The smallest absolute Gasteiger partial charge is 0.231 e. The van der Waals surface area contributed by atoms with Crippen LogP contribution in [0, 0.1) is 0 Å². The zero-order chi connectivity index (χ0) is 12.3. The standard InChI is InChI=1S/C11H14BrN3OS/c1-2-3-7(6-13)11-14-10(15-16-11)8-4-5-9(12)17-8/h4-5,7H,2-3,6,13H2,1H3. The van der Waals surface area contributed by atoms with Crippen LogP contribution in [-0.4, -0.2) is 16.7 Å². The molecule has 2 N–H and O–H groups in total. The second kappa shape index (κ2) is 5.75. The van der Waals surface area contributed by atoms with Gasteiger partial charge in [-0.25, -0.2) is 0 Å². The van der Waals surface area contributed by atoms with Crippen LogP contribution in [-0.2, 0) is 0 Å². The fraction of sp³-hybridized carbons (Fsp3) is 0.455. The van der Waals surface area contributed by atoms with Gasteiger partial charge in [-0.2, -0.15) is 4.98 Å². The number of rotatable bonds is 5. The first-order chi connectivity index (χ1) is 8.24. The van der Waals surface area contributed by atoms with Crippen molar-refractivity contribution in [3.63, 3.8) is 0 Å². The van der Waals surface area contributed by atoms with Gasteiger partial charge in [-0.1, -0.05) is 18.5 Å². The summed E-state index contributed by atoms with van der Waals surface area (Å²) < 4.78 is 6.34. The lowest BCUT2D eigenvalue weighted by Gasteiger charge is -2.06. The molecule has 6 heteroatoms. The van der Waals surface area contributed by atoms with E-state index in [1.807, 2.05) is 12.1 Å². The average molecular weight is 316 g/mol. The maximum atomic E-state index is 5.71. The van der Waals surface area contributed by atoms with Crippen molar-refractivity contribution in [2.75, 3.05) is 6.54 Å². The number of aromatic nitrogens is 2.